The van der Waals surface area contributed by atoms with Crippen LogP contribution in [0.15, 0.2) is 59.5 Å². The summed E-state index contributed by atoms with van der Waals surface area (Å²) >= 11 is 0. The van der Waals surface area contributed by atoms with Crippen LogP contribution in [-0.2, 0) is 14.3 Å². The van der Waals surface area contributed by atoms with E-state index in [2.05, 4.69) is 0 Å². The van der Waals surface area contributed by atoms with Crippen molar-refractivity contribution in [1.82, 2.24) is 0 Å². The van der Waals surface area contributed by atoms with Crippen molar-refractivity contribution >= 4 is 10.1 Å². The van der Waals surface area contributed by atoms with Gasteiger partial charge in [0.15, 0.2) is 0 Å². The molecule has 2 aromatic carbocycles. The van der Waals surface area contributed by atoms with Gasteiger partial charge in [-0.15, -0.1) is 0 Å². The molecule has 4 nitrogen and oxygen atoms in total. The average molecular weight is 292 g/mol. The lowest BCUT2D eigenvalue weighted by Gasteiger charge is -2.15. The van der Waals surface area contributed by atoms with Crippen molar-refractivity contribution in [1.29, 1.82) is 0 Å². The van der Waals surface area contributed by atoms with Gasteiger partial charge in [-0.25, -0.2) is 0 Å². The van der Waals surface area contributed by atoms with Crippen LogP contribution in [0.1, 0.15) is 17.2 Å². The Balaban J connectivity index is 2.24. The van der Waals surface area contributed by atoms with E-state index in [9.17, 15) is 13.5 Å². The molecule has 0 saturated carbocycles. The van der Waals surface area contributed by atoms with Crippen LogP contribution in [0.25, 0.3) is 0 Å². The number of aliphatic hydroxyl groups excluding tert-OH is 1. The van der Waals surface area contributed by atoms with Gasteiger partial charge in [0.05, 0.1) is 11.5 Å². The maximum Gasteiger partial charge on any atom is 0.297 e. The summed E-state index contributed by atoms with van der Waals surface area (Å²) in [4.78, 5) is 0.0810. The van der Waals surface area contributed by atoms with Crippen LogP contribution < -0.4 is 0 Å². The van der Waals surface area contributed by atoms with Gasteiger partial charge in [0.1, 0.15) is 6.10 Å². The van der Waals surface area contributed by atoms with Gasteiger partial charge in [-0.3, -0.25) is 4.18 Å². The summed E-state index contributed by atoms with van der Waals surface area (Å²) in [7, 11) is -3.90. The molecule has 0 radical (unpaired) electrons. The van der Waals surface area contributed by atoms with Crippen molar-refractivity contribution < 1.29 is 17.7 Å². The number of benzene rings is 2. The highest BCUT2D eigenvalue weighted by atomic mass is 32.2. The van der Waals surface area contributed by atoms with E-state index in [1.54, 1.807) is 36.4 Å². The van der Waals surface area contributed by atoms with Crippen LogP contribution in [0.4, 0.5) is 0 Å². The minimum absolute atomic E-state index is 0.0810. The monoisotopic (exact) mass is 292 g/mol. The van der Waals surface area contributed by atoms with Crippen LogP contribution in [0, 0.1) is 6.92 Å². The maximum absolute atomic E-state index is 12.2. The molecule has 106 valence electrons. The molecule has 0 aliphatic rings. The predicted molar refractivity (Wildman–Crippen MR) is 75.7 cm³/mol. The molecular formula is C15H16O4S. The first kappa shape index (κ1) is 14.7. The highest BCUT2D eigenvalue weighted by Gasteiger charge is 2.22. The van der Waals surface area contributed by atoms with Gasteiger partial charge in [-0.05, 0) is 24.6 Å². The number of hydrogen-bond acceptors (Lipinski definition) is 4. The third-order valence-electron chi connectivity index (χ3n) is 2.89. The van der Waals surface area contributed by atoms with E-state index < -0.39 is 22.8 Å². The zero-order valence-electron chi connectivity index (χ0n) is 11.1. The summed E-state index contributed by atoms with van der Waals surface area (Å²) in [6.07, 6.45) is -0.900. The third-order valence-corrected chi connectivity index (χ3v) is 4.22. The third kappa shape index (κ3) is 3.45. The predicted octanol–water partition coefficient (Wildman–Crippen LogP) is 2.43. The van der Waals surface area contributed by atoms with E-state index >= 15 is 0 Å². The second-order valence-electron chi connectivity index (χ2n) is 4.45. The Hall–Kier alpha value is -1.69. The zero-order chi connectivity index (χ0) is 14.6. The molecule has 0 heterocycles. The molecule has 0 fully saturated rings. The zero-order valence-corrected chi connectivity index (χ0v) is 11.9. The molecule has 1 atom stereocenters. The fourth-order valence-electron chi connectivity index (χ4n) is 1.77. The first-order valence-corrected chi connectivity index (χ1v) is 7.59. The molecule has 0 aliphatic heterocycles. The summed E-state index contributed by atoms with van der Waals surface area (Å²) in [6.45, 7) is 1.47. The van der Waals surface area contributed by atoms with E-state index in [1.807, 2.05) is 13.0 Å². The molecule has 0 bridgehead atoms. The van der Waals surface area contributed by atoms with Gasteiger partial charge < -0.3 is 5.11 Å². The Labute approximate surface area is 118 Å². The first-order chi connectivity index (χ1) is 9.53. The smallest absolute Gasteiger partial charge is 0.297 e. The molecule has 1 N–H and O–H groups in total. The molecule has 0 saturated heterocycles. The van der Waals surface area contributed by atoms with Crippen LogP contribution in [0.2, 0.25) is 0 Å². The minimum Gasteiger partial charge on any atom is -0.393 e. The van der Waals surface area contributed by atoms with E-state index in [1.165, 1.54) is 12.1 Å². The lowest BCUT2D eigenvalue weighted by atomic mass is 10.1. The summed E-state index contributed by atoms with van der Waals surface area (Å²) < 4.78 is 29.4. The highest BCUT2D eigenvalue weighted by Crippen LogP contribution is 2.23. The highest BCUT2D eigenvalue weighted by molar-refractivity contribution is 7.86. The van der Waals surface area contributed by atoms with Crippen LogP contribution in [-0.4, -0.2) is 20.1 Å². The van der Waals surface area contributed by atoms with Gasteiger partial charge in [0.25, 0.3) is 10.1 Å². The number of aliphatic hydroxyl groups is 1. The molecule has 0 spiro atoms. The summed E-state index contributed by atoms with van der Waals surface area (Å²) in [5.41, 5.74) is 1.58. The van der Waals surface area contributed by atoms with Crippen molar-refractivity contribution in [3.63, 3.8) is 0 Å². The molecule has 0 amide bonds. The lowest BCUT2D eigenvalue weighted by molar-refractivity contribution is 0.122. The Bertz CT molecular complexity index is 648. The Morgan fingerprint density at radius 3 is 2.20 bits per heavy atom. The largest absolute Gasteiger partial charge is 0.393 e. The van der Waals surface area contributed by atoms with Crippen molar-refractivity contribution in [2.24, 2.45) is 0 Å². The first-order valence-electron chi connectivity index (χ1n) is 6.19. The average Bonchev–Trinajstić information content (AvgIpc) is 2.46. The van der Waals surface area contributed by atoms with Gasteiger partial charge in [-0.2, -0.15) is 8.42 Å². The molecule has 0 unspecified atom stereocenters. The van der Waals surface area contributed by atoms with Gasteiger partial charge in [0, 0.05) is 0 Å². The SMILES string of the molecule is Cc1ccc(S(=O)(=O)O[C@H](CO)c2ccccc2)cc1. The molecule has 2 aromatic rings. The molecule has 0 aromatic heterocycles. The van der Waals surface area contributed by atoms with Crippen molar-refractivity contribution in [2.75, 3.05) is 6.61 Å². The second kappa shape index (κ2) is 6.17. The second-order valence-corrected chi connectivity index (χ2v) is 6.02. The van der Waals surface area contributed by atoms with Crippen LogP contribution >= 0.6 is 0 Å². The topological polar surface area (TPSA) is 63.6 Å². The fourth-order valence-corrected chi connectivity index (χ4v) is 2.83. The van der Waals surface area contributed by atoms with Gasteiger partial charge in [-0.1, -0.05) is 48.0 Å². The van der Waals surface area contributed by atoms with E-state index in [-0.39, 0.29) is 4.90 Å². The Morgan fingerprint density at radius 2 is 1.65 bits per heavy atom. The van der Waals surface area contributed by atoms with Crippen LogP contribution in [0.5, 0.6) is 0 Å². The van der Waals surface area contributed by atoms with Gasteiger partial charge >= 0.3 is 0 Å². The fraction of sp³-hybridized carbons (Fsp3) is 0.200. The van der Waals surface area contributed by atoms with Gasteiger partial charge in [0.2, 0.25) is 0 Å². The molecule has 5 heteroatoms. The molecular weight excluding hydrogens is 276 g/mol. The summed E-state index contributed by atoms with van der Waals surface area (Å²) in [5, 5.41) is 9.34. The Kier molecular flexibility index (Phi) is 4.54. The molecule has 20 heavy (non-hydrogen) atoms. The standard InChI is InChI=1S/C15H16O4S/c1-12-7-9-14(10-8-12)20(17,18)19-15(11-16)13-5-3-2-4-6-13/h2-10,15-16H,11H2,1H3/t15-/m1/s1. The van der Waals surface area contributed by atoms with Crippen molar-refractivity contribution in [3.8, 4) is 0 Å². The van der Waals surface area contributed by atoms with Crippen LogP contribution in [0.3, 0.4) is 0 Å². The lowest BCUT2D eigenvalue weighted by Crippen LogP contribution is -2.15. The van der Waals surface area contributed by atoms with Crippen molar-refractivity contribution in [3.05, 3.63) is 65.7 Å². The molecule has 2 rings (SSSR count). The normalized spacial score (nSPS) is 13.1. The van der Waals surface area contributed by atoms with E-state index in [4.69, 9.17) is 4.18 Å². The quantitative estimate of drug-likeness (QED) is 0.860. The maximum atomic E-state index is 12.2. The number of hydrogen-bond donors (Lipinski definition) is 1. The van der Waals surface area contributed by atoms with E-state index in [0.717, 1.165) is 5.56 Å². The number of rotatable bonds is 5. The minimum atomic E-state index is -3.90. The number of aryl methyl sites for hydroxylation is 1. The van der Waals surface area contributed by atoms with Crippen molar-refractivity contribution in [2.45, 2.75) is 17.9 Å². The van der Waals surface area contributed by atoms with E-state index in [0.29, 0.717) is 5.56 Å². The summed E-state index contributed by atoms with van der Waals surface area (Å²) in [6, 6.07) is 15.1. The Morgan fingerprint density at radius 1 is 1.05 bits per heavy atom. The summed E-state index contributed by atoms with van der Waals surface area (Å²) in [5.74, 6) is 0. The molecule has 0 aliphatic carbocycles.